The highest BCUT2D eigenvalue weighted by Gasteiger charge is 2.23. The van der Waals surface area contributed by atoms with E-state index in [0.29, 0.717) is 5.56 Å². The Balaban J connectivity index is 1.48. The number of benzene rings is 3. The molecule has 0 saturated carbocycles. The minimum atomic E-state index is -3.73. The van der Waals surface area contributed by atoms with Gasteiger partial charge in [-0.3, -0.25) is 4.79 Å². The summed E-state index contributed by atoms with van der Waals surface area (Å²) in [6.45, 7) is 0.193. The van der Waals surface area contributed by atoms with E-state index in [-0.39, 0.29) is 23.4 Å². The average molecular weight is 421 g/mol. The molecule has 1 amide bonds. The molecule has 0 bridgehead atoms. The van der Waals surface area contributed by atoms with E-state index in [9.17, 15) is 13.2 Å². The Labute approximate surface area is 177 Å². The molecule has 2 N–H and O–H groups in total. The maximum absolute atomic E-state index is 12.9. The molecule has 3 aromatic rings. The molecule has 0 unspecified atom stereocenters. The van der Waals surface area contributed by atoms with Gasteiger partial charge >= 0.3 is 0 Å². The van der Waals surface area contributed by atoms with Gasteiger partial charge in [-0.25, -0.2) is 13.1 Å². The Morgan fingerprint density at radius 1 is 0.933 bits per heavy atom. The highest BCUT2D eigenvalue weighted by atomic mass is 32.2. The summed E-state index contributed by atoms with van der Waals surface area (Å²) in [5.74, 6) is -0.267. The molecule has 0 aromatic heterocycles. The third-order valence-corrected chi connectivity index (χ3v) is 6.79. The molecular weight excluding hydrogens is 396 g/mol. The van der Waals surface area contributed by atoms with E-state index in [2.05, 4.69) is 16.1 Å². The third-order valence-electron chi connectivity index (χ3n) is 5.39. The van der Waals surface area contributed by atoms with Gasteiger partial charge < -0.3 is 5.32 Å². The Morgan fingerprint density at radius 3 is 2.53 bits per heavy atom. The first kappa shape index (κ1) is 20.3. The zero-order valence-corrected chi connectivity index (χ0v) is 17.4. The Morgan fingerprint density at radius 2 is 1.70 bits per heavy atom. The zero-order valence-electron chi connectivity index (χ0n) is 16.5. The van der Waals surface area contributed by atoms with Crippen LogP contribution in [0.4, 0.5) is 0 Å². The summed E-state index contributed by atoms with van der Waals surface area (Å²) in [4.78, 5) is 12.9. The molecule has 30 heavy (non-hydrogen) atoms. The SMILES string of the molecule is O=C(N[C@@H]1CCCc2ccccc21)c1cccc(S(=O)(=O)NCc2ccccc2)c1. The number of carbonyl (C=O) groups is 1. The zero-order chi connectivity index (χ0) is 21.0. The van der Waals surface area contributed by atoms with Crippen molar-refractivity contribution in [3.8, 4) is 0 Å². The average Bonchev–Trinajstić information content (AvgIpc) is 2.79. The summed E-state index contributed by atoms with van der Waals surface area (Å²) < 4.78 is 28.0. The number of fused-ring (bicyclic) bond motifs is 1. The summed E-state index contributed by atoms with van der Waals surface area (Å²) in [6, 6.07) is 23.6. The number of hydrogen-bond donors (Lipinski definition) is 2. The van der Waals surface area contributed by atoms with Gasteiger partial charge in [-0.05, 0) is 54.2 Å². The molecule has 1 atom stereocenters. The van der Waals surface area contributed by atoms with E-state index in [0.717, 1.165) is 30.4 Å². The monoisotopic (exact) mass is 420 g/mol. The van der Waals surface area contributed by atoms with Gasteiger partial charge in [-0.2, -0.15) is 0 Å². The lowest BCUT2D eigenvalue weighted by molar-refractivity contribution is 0.0932. The van der Waals surface area contributed by atoms with E-state index in [4.69, 9.17) is 0 Å². The Kier molecular flexibility index (Phi) is 5.97. The predicted molar refractivity (Wildman–Crippen MR) is 116 cm³/mol. The molecule has 1 aliphatic carbocycles. The Hall–Kier alpha value is -2.96. The van der Waals surface area contributed by atoms with Crippen molar-refractivity contribution in [3.05, 3.63) is 101 Å². The highest BCUT2D eigenvalue weighted by molar-refractivity contribution is 7.89. The summed E-state index contributed by atoms with van der Waals surface area (Å²) >= 11 is 0. The second-order valence-corrected chi connectivity index (χ2v) is 9.22. The largest absolute Gasteiger partial charge is 0.345 e. The van der Waals surface area contributed by atoms with Crippen molar-refractivity contribution in [1.29, 1.82) is 0 Å². The van der Waals surface area contributed by atoms with Crippen LogP contribution in [0.15, 0.2) is 83.8 Å². The number of carbonyl (C=O) groups excluding carboxylic acids is 1. The molecule has 154 valence electrons. The second-order valence-electron chi connectivity index (χ2n) is 7.46. The third kappa shape index (κ3) is 4.61. The van der Waals surface area contributed by atoms with Gasteiger partial charge in [-0.1, -0.05) is 60.7 Å². The summed E-state index contributed by atoms with van der Waals surface area (Å²) in [7, 11) is -3.73. The lowest BCUT2D eigenvalue weighted by Gasteiger charge is -2.26. The van der Waals surface area contributed by atoms with E-state index < -0.39 is 10.0 Å². The fourth-order valence-electron chi connectivity index (χ4n) is 3.81. The maximum Gasteiger partial charge on any atom is 0.251 e. The van der Waals surface area contributed by atoms with Gasteiger partial charge in [0.25, 0.3) is 5.91 Å². The van der Waals surface area contributed by atoms with Crippen LogP contribution in [-0.2, 0) is 23.0 Å². The van der Waals surface area contributed by atoms with Crippen molar-refractivity contribution in [2.45, 2.75) is 36.7 Å². The van der Waals surface area contributed by atoms with E-state index >= 15 is 0 Å². The van der Waals surface area contributed by atoms with Crippen LogP contribution in [0.2, 0.25) is 0 Å². The lowest BCUT2D eigenvalue weighted by Crippen LogP contribution is -2.31. The number of amides is 1. The van der Waals surface area contributed by atoms with Crippen LogP contribution in [0, 0.1) is 0 Å². The van der Waals surface area contributed by atoms with Crippen LogP contribution in [0.3, 0.4) is 0 Å². The summed E-state index contributed by atoms with van der Waals surface area (Å²) in [6.07, 6.45) is 2.91. The fourth-order valence-corrected chi connectivity index (χ4v) is 4.87. The van der Waals surface area contributed by atoms with Crippen molar-refractivity contribution in [1.82, 2.24) is 10.0 Å². The van der Waals surface area contributed by atoms with Crippen LogP contribution < -0.4 is 10.0 Å². The Bertz CT molecular complexity index is 1140. The molecule has 4 rings (SSSR count). The maximum atomic E-state index is 12.9. The number of sulfonamides is 1. The van der Waals surface area contributed by atoms with E-state index in [1.807, 2.05) is 48.5 Å². The van der Waals surface area contributed by atoms with Gasteiger partial charge in [0.2, 0.25) is 10.0 Å². The number of hydrogen-bond acceptors (Lipinski definition) is 3. The molecule has 0 heterocycles. The molecule has 0 fully saturated rings. The van der Waals surface area contributed by atoms with Gasteiger partial charge in [0.05, 0.1) is 10.9 Å². The number of rotatable bonds is 6. The molecule has 3 aromatic carbocycles. The fraction of sp³-hybridized carbons (Fsp3) is 0.208. The van der Waals surface area contributed by atoms with Crippen LogP contribution >= 0.6 is 0 Å². The smallest absolute Gasteiger partial charge is 0.251 e. The first-order valence-corrected chi connectivity index (χ1v) is 11.5. The topological polar surface area (TPSA) is 75.3 Å². The second kappa shape index (κ2) is 8.81. The quantitative estimate of drug-likeness (QED) is 0.634. The molecule has 6 heteroatoms. The van der Waals surface area contributed by atoms with Crippen molar-refractivity contribution >= 4 is 15.9 Å². The molecule has 0 aliphatic heterocycles. The van der Waals surface area contributed by atoms with Gasteiger partial charge in [0.1, 0.15) is 0 Å². The van der Waals surface area contributed by atoms with Crippen molar-refractivity contribution in [3.63, 3.8) is 0 Å². The molecule has 0 radical (unpaired) electrons. The molecule has 1 aliphatic rings. The highest BCUT2D eigenvalue weighted by Crippen LogP contribution is 2.29. The van der Waals surface area contributed by atoms with Gasteiger partial charge in [-0.15, -0.1) is 0 Å². The number of nitrogens with one attached hydrogen (secondary N) is 2. The van der Waals surface area contributed by atoms with Crippen molar-refractivity contribution < 1.29 is 13.2 Å². The molecule has 0 saturated heterocycles. The lowest BCUT2D eigenvalue weighted by atomic mass is 9.87. The first-order chi connectivity index (χ1) is 14.5. The minimum absolute atomic E-state index is 0.0566. The molecule has 0 spiro atoms. The first-order valence-electron chi connectivity index (χ1n) is 10.1. The van der Waals surface area contributed by atoms with Crippen LogP contribution in [0.1, 0.15) is 45.9 Å². The standard InChI is InChI=1S/C24H24N2O3S/c27-24(26-23-15-7-11-19-10-4-5-14-22(19)23)20-12-6-13-21(16-20)30(28,29)25-17-18-8-2-1-3-9-18/h1-6,8-10,12-14,16,23,25H,7,11,15,17H2,(H,26,27)/t23-/m1/s1. The number of aryl methyl sites for hydroxylation is 1. The van der Waals surface area contributed by atoms with E-state index in [1.165, 1.54) is 17.7 Å². The van der Waals surface area contributed by atoms with Crippen molar-refractivity contribution in [2.24, 2.45) is 0 Å². The van der Waals surface area contributed by atoms with Crippen molar-refractivity contribution in [2.75, 3.05) is 0 Å². The van der Waals surface area contributed by atoms with Crippen LogP contribution in [-0.4, -0.2) is 14.3 Å². The minimum Gasteiger partial charge on any atom is -0.345 e. The molecule has 5 nitrogen and oxygen atoms in total. The predicted octanol–water partition coefficient (Wildman–Crippen LogP) is 3.97. The van der Waals surface area contributed by atoms with E-state index in [1.54, 1.807) is 12.1 Å². The normalized spacial score (nSPS) is 15.9. The summed E-state index contributed by atoms with van der Waals surface area (Å²) in [5.41, 5.74) is 3.60. The van der Waals surface area contributed by atoms with Gasteiger partial charge in [0, 0.05) is 12.1 Å². The molecular formula is C24H24N2O3S. The summed E-state index contributed by atoms with van der Waals surface area (Å²) in [5, 5.41) is 3.07. The van der Waals surface area contributed by atoms with Gasteiger partial charge in [0.15, 0.2) is 0 Å². The van der Waals surface area contributed by atoms with Crippen LogP contribution in [0.25, 0.3) is 0 Å². The van der Waals surface area contributed by atoms with Crippen LogP contribution in [0.5, 0.6) is 0 Å².